The highest BCUT2D eigenvalue weighted by molar-refractivity contribution is 7.88. The van der Waals surface area contributed by atoms with Crippen LogP contribution in [0.15, 0.2) is 55.1 Å². The smallest absolute Gasteiger partial charge is 0.228 e. The number of hydrogen-bond donors (Lipinski definition) is 2. The molecular formula is C18H18Cl2N2O3S. The maximum absolute atomic E-state index is 12.1. The summed E-state index contributed by atoms with van der Waals surface area (Å²) in [6.07, 6.45) is 1.58. The number of rotatable bonds is 8. The van der Waals surface area contributed by atoms with Gasteiger partial charge in [0.25, 0.3) is 0 Å². The van der Waals surface area contributed by atoms with Gasteiger partial charge in [-0.2, -0.15) is 0 Å². The molecule has 0 aliphatic carbocycles. The largest absolute Gasteiger partial charge is 0.326 e. The van der Waals surface area contributed by atoms with Gasteiger partial charge in [0, 0.05) is 22.3 Å². The number of halogens is 2. The van der Waals surface area contributed by atoms with E-state index < -0.39 is 10.0 Å². The summed E-state index contributed by atoms with van der Waals surface area (Å²) in [5, 5.41) is 3.69. The van der Waals surface area contributed by atoms with Crippen LogP contribution in [-0.2, 0) is 27.0 Å². The number of nitrogens with one attached hydrogen (secondary N) is 2. The number of carbonyl (C=O) groups excluding carboxylic acids is 1. The molecule has 0 saturated heterocycles. The highest BCUT2D eigenvalue weighted by Crippen LogP contribution is 2.22. The van der Waals surface area contributed by atoms with Gasteiger partial charge < -0.3 is 5.32 Å². The molecule has 2 aromatic rings. The quantitative estimate of drug-likeness (QED) is 0.647. The molecule has 0 unspecified atom stereocenters. The van der Waals surface area contributed by atoms with E-state index in [-0.39, 0.29) is 24.6 Å². The van der Waals surface area contributed by atoms with Crippen molar-refractivity contribution >= 4 is 44.8 Å². The number of carbonyl (C=O) groups is 1. The summed E-state index contributed by atoms with van der Waals surface area (Å²) in [6, 6.07) is 11.6. The molecule has 0 bridgehead atoms. The van der Waals surface area contributed by atoms with Crippen molar-refractivity contribution in [2.75, 3.05) is 11.9 Å². The van der Waals surface area contributed by atoms with E-state index in [9.17, 15) is 13.2 Å². The second kappa shape index (κ2) is 9.19. The average Bonchev–Trinajstić information content (AvgIpc) is 2.57. The summed E-state index contributed by atoms with van der Waals surface area (Å²) in [5.74, 6) is -0.377. The fraction of sp³-hybridized carbons (Fsp3) is 0.167. The standard InChI is InChI=1S/C18H18Cl2N2O3S/c1-2-9-21-26(24,25)12-13-3-7-16(8-4-13)22-18(23)10-14-5-6-15(19)11-17(14)20/h2-8,11,21H,1,9-10,12H2,(H,22,23). The second-order valence-electron chi connectivity index (χ2n) is 5.55. The van der Waals surface area contributed by atoms with E-state index in [1.807, 2.05) is 0 Å². The van der Waals surface area contributed by atoms with Gasteiger partial charge in [-0.3, -0.25) is 4.79 Å². The molecular weight excluding hydrogens is 395 g/mol. The van der Waals surface area contributed by atoms with Crippen molar-refractivity contribution in [1.82, 2.24) is 4.72 Å². The predicted molar refractivity (Wildman–Crippen MR) is 106 cm³/mol. The minimum atomic E-state index is -3.42. The maximum Gasteiger partial charge on any atom is 0.228 e. The molecule has 26 heavy (non-hydrogen) atoms. The van der Waals surface area contributed by atoms with Crippen molar-refractivity contribution in [3.8, 4) is 0 Å². The lowest BCUT2D eigenvalue weighted by Gasteiger charge is -2.09. The van der Waals surface area contributed by atoms with Gasteiger partial charge in [0.05, 0.1) is 12.2 Å². The topological polar surface area (TPSA) is 75.3 Å². The zero-order valence-corrected chi connectivity index (χ0v) is 16.2. The number of hydrogen-bond acceptors (Lipinski definition) is 3. The van der Waals surface area contributed by atoms with Gasteiger partial charge in [0.2, 0.25) is 15.9 Å². The third-order valence-corrected chi connectivity index (χ3v) is 5.31. The van der Waals surface area contributed by atoms with Crippen LogP contribution in [-0.4, -0.2) is 20.9 Å². The van der Waals surface area contributed by atoms with Gasteiger partial charge in [-0.15, -0.1) is 6.58 Å². The van der Waals surface area contributed by atoms with Crippen molar-refractivity contribution in [1.29, 1.82) is 0 Å². The predicted octanol–water partition coefficient (Wildman–Crippen LogP) is 3.78. The molecule has 0 fully saturated rings. The van der Waals surface area contributed by atoms with Crippen LogP contribution in [0.2, 0.25) is 10.0 Å². The summed E-state index contributed by atoms with van der Waals surface area (Å²) < 4.78 is 26.1. The Kier molecular flexibility index (Phi) is 7.23. The lowest BCUT2D eigenvalue weighted by atomic mass is 10.1. The molecule has 1 amide bonds. The monoisotopic (exact) mass is 412 g/mol. The Labute approximate surface area is 163 Å². The Bertz CT molecular complexity index is 897. The molecule has 5 nitrogen and oxygen atoms in total. The van der Waals surface area contributed by atoms with Gasteiger partial charge in [-0.25, -0.2) is 13.1 Å². The van der Waals surface area contributed by atoms with E-state index in [4.69, 9.17) is 23.2 Å². The van der Waals surface area contributed by atoms with Crippen LogP contribution >= 0.6 is 23.2 Å². The van der Waals surface area contributed by atoms with Crippen molar-refractivity contribution in [2.24, 2.45) is 0 Å². The Balaban J connectivity index is 1.96. The molecule has 0 spiro atoms. The minimum Gasteiger partial charge on any atom is -0.326 e. The van der Waals surface area contributed by atoms with Gasteiger partial charge in [0.1, 0.15) is 0 Å². The molecule has 0 atom stereocenters. The number of sulfonamides is 1. The van der Waals surface area contributed by atoms with E-state index in [0.717, 1.165) is 0 Å². The van der Waals surface area contributed by atoms with Gasteiger partial charge in [-0.05, 0) is 35.4 Å². The van der Waals surface area contributed by atoms with Crippen LogP contribution in [0.5, 0.6) is 0 Å². The van der Waals surface area contributed by atoms with Crippen molar-refractivity contribution < 1.29 is 13.2 Å². The number of amides is 1. The Morgan fingerprint density at radius 1 is 1.12 bits per heavy atom. The van der Waals surface area contributed by atoms with Crippen molar-refractivity contribution in [2.45, 2.75) is 12.2 Å². The summed E-state index contributed by atoms with van der Waals surface area (Å²) in [6.45, 7) is 3.65. The highest BCUT2D eigenvalue weighted by atomic mass is 35.5. The van der Waals surface area contributed by atoms with Crippen molar-refractivity contribution in [3.63, 3.8) is 0 Å². The van der Waals surface area contributed by atoms with E-state index in [2.05, 4.69) is 16.6 Å². The highest BCUT2D eigenvalue weighted by Gasteiger charge is 2.11. The molecule has 0 heterocycles. The van der Waals surface area contributed by atoms with Gasteiger partial charge in [0.15, 0.2) is 0 Å². The Morgan fingerprint density at radius 2 is 1.81 bits per heavy atom. The molecule has 8 heteroatoms. The van der Waals surface area contributed by atoms with Crippen LogP contribution in [0.1, 0.15) is 11.1 Å². The lowest BCUT2D eigenvalue weighted by molar-refractivity contribution is -0.115. The summed E-state index contributed by atoms with van der Waals surface area (Å²) in [7, 11) is -3.42. The molecule has 2 aromatic carbocycles. The third-order valence-electron chi connectivity index (χ3n) is 3.41. The fourth-order valence-corrected chi connectivity index (χ4v) is 3.76. The van der Waals surface area contributed by atoms with E-state index in [1.165, 1.54) is 6.08 Å². The first-order valence-electron chi connectivity index (χ1n) is 7.70. The van der Waals surface area contributed by atoms with E-state index in [0.29, 0.717) is 26.9 Å². The normalized spacial score (nSPS) is 11.2. The first kappa shape index (κ1) is 20.5. The first-order chi connectivity index (χ1) is 12.3. The molecule has 2 N–H and O–H groups in total. The Hall–Kier alpha value is -1.86. The van der Waals surface area contributed by atoms with E-state index in [1.54, 1.807) is 42.5 Å². The minimum absolute atomic E-state index is 0.109. The lowest BCUT2D eigenvalue weighted by Crippen LogP contribution is -2.25. The van der Waals surface area contributed by atoms with Crippen LogP contribution in [0, 0.1) is 0 Å². The van der Waals surface area contributed by atoms with E-state index >= 15 is 0 Å². The van der Waals surface area contributed by atoms with Crippen LogP contribution < -0.4 is 10.0 Å². The van der Waals surface area contributed by atoms with Gasteiger partial charge in [-0.1, -0.05) is 47.5 Å². The summed E-state index contributed by atoms with van der Waals surface area (Å²) >= 11 is 11.9. The second-order valence-corrected chi connectivity index (χ2v) is 8.20. The zero-order chi connectivity index (χ0) is 19.2. The maximum atomic E-state index is 12.1. The third kappa shape index (κ3) is 6.46. The van der Waals surface area contributed by atoms with Crippen LogP contribution in [0.4, 0.5) is 5.69 Å². The van der Waals surface area contributed by atoms with Crippen molar-refractivity contribution in [3.05, 3.63) is 76.3 Å². The zero-order valence-electron chi connectivity index (χ0n) is 13.8. The molecule has 0 aromatic heterocycles. The summed E-state index contributed by atoms with van der Waals surface area (Å²) in [4.78, 5) is 12.1. The molecule has 0 radical (unpaired) electrons. The average molecular weight is 413 g/mol. The molecule has 0 saturated carbocycles. The first-order valence-corrected chi connectivity index (χ1v) is 10.1. The molecule has 0 aliphatic heterocycles. The fourth-order valence-electron chi connectivity index (χ4n) is 2.18. The molecule has 0 aliphatic rings. The van der Waals surface area contributed by atoms with Crippen LogP contribution in [0.3, 0.4) is 0 Å². The molecule has 138 valence electrons. The Morgan fingerprint density at radius 3 is 2.42 bits per heavy atom. The SMILES string of the molecule is C=CCNS(=O)(=O)Cc1ccc(NC(=O)Cc2ccc(Cl)cc2Cl)cc1. The summed E-state index contributed by atoms with van der Waals surface area (Å²) in [5.41, 5.74) is 1.85. The van der Waals surface area contributed by atoms with Gasteiger partial charge >= 0.3 is 0 Å². The molecule has 2 rings (SSSR count). The number of benzene rings is 2. The van der Waals surface area contributed by atoms with Crippen LogP contribution in [0.25, 0.3) is 0 Å². The number of anilines is 1.